The Labute approximate surface area is 117 Å². The SMILES string of the molecule is CCCCCCC(CC)(CCC)CCCCCC. The van der Waals surface area contributed by atoms with Crippen LogP contribution in [0, 0.1) is 5.41 Å². The van der Waals surface area contributed by atoms with Gasteiger partial charge in [0.2, 0.25) is 0 Å². The van der Waals surface area contributed by atoms with Crippen LogP contribution in [0.2, 0.25) is 0 Å². The third-order valence-corrected chi connectivity index (χ3v) is 4.65. The van der Waals surface area contributed by atoms with Crippen molar-refractivity contribution in [3.05, 3.63) is 0 Å². The summed E-state index contributed by atoms with van der Waals surface area (Å²) in [5.74, 6) is 0. The quantitative estimate of drug-likeness (QED) is 0.307. The Bertz CT molecular complexity index is 147. The van der Waals surface area contributed by atoms with E-state index in [1.54, 1.807) is 0 Å². The summed E-state index contributed by atoms with van der Waals surface area (Å²) in [4.78, 5) is 0. The van der Waals surface area contributed by atoms with Gasteiger partial charge in [-0.15, -0.1) is 0 Å². The van der Waals surface area contributed by atoms with Crippen LogP contribution in [-0.2, 0) is 0 Å². The summed E-state index contributed by atoms with van der Waals surface area (Å²) >= 11 is 0. The molecule has 0 saturated carbocycles. The molecule has 0 fully saturated rings. The van der Waals surface area contributed by atoms with Gasteiger partial charge in [-0.05, 0) is 24.7 Å². The van der Waals surface area contributed by atoms with Gasteiger partial charge in [-0.3, -0.25) is 0 Å². The Hall–Kier alpha value is 0. The van der Waals surface area contributed by atoms with E-state index in [9.17, 15) is 0 Å². The Balaban J connectivity index is 4.05. The van der Waals surface area contributed by atoms with Gasteiger partial charge in [0.15, 0.2) is 0 Å². The average Bonchev–Trinajstić information content (AvgIpc) is 2.39. The minimum absolute atomic E-state index is 0.691. The van der Waals surface area contributed by atoms with E-state index in [1.165, 1.54) is 83.5 Å². The maximum absolute atomic E-state index is 2.43. The first-order valence-corrected chi connectivity index (χ1v) is 8.74. The summed E-state index contributed by atoms with van der Waals surface area (Å²) in [7, 11) is 0. The van der Waals surface area contributed by atoms with Crippen LogP contribution in [0.4, 0.5) is 0 Å². The molecule has 0 saturated heterocycles. The lowest BCUT2D eigenvalue weighted by Crippen LogP contribution is -2.20. The standard InChI is InChI=1S/C18H38/c1-5-9-11-13-16-18(8-4,15-7-3)17-14-12-10-6-2/h5-17H2,1-4H3. The van der Waals surface area contributed by atoms with Crippen molar-refractivity contribution in [3.63, 3.8) is 0 Å². The summed E-state index contributed by atoms with van der Waals surface area (Å²) in [5.41, 5.74) is 0.691. The first kappa shape index (κ1) is 18.0. The minimum Gasteiger partial charge on any atom is -0.0654 e. The molecular weight excluding hydrogens is 216 g/mol. The molecular formula is C18H38. The van der Waals surface area contributed by atoms with Crippen molar-refractivity contribution in [3.8, 4) is 0 Å². The van der Waals surface area contributed by atoms with Crippen molar-refractivity contribution in [2.75, 3.05) is 0 Å². The fourth-order valence-corrected chi connectivity index (χ4v) is 3.29. The van der Waals surface area contributed by atoms with Crippen LogP contribution in [-0.4, -0.2) is 0 Å². The van der Waals surface area contributed by atoms with Gasteiger partial charge >= 0.3 is 0 Å². The molecule has 0 heteroatoms. The van der Waals surface area contributed by atoms with E-state index in [-0.39, 0.29) is 0 Å². The van der Waals surface area contributed by atoms with E-state index in [2.05, 4.69) is 27.7 Å². The Morgan fingerprint density at radius 3 is 1.33 bits per heavy atom. The lowest BCUT2D eigenvalue weighted by atomic mass is 9.72. The highest BCUT2D eigenvalue weighted by atomic mass is 14.3. The normalized spacial score (nSPS) is 12.0. The molecule has 0 atom stereocenters. The highest BCUT2D eigenvalue weighted by Crippen LogP contribution is 2.39. The van der Waals surface area contributed by atoms with Gasteiger partial charge in [0, 0.05) is 0 Å². The van der Waals surface area contributed by atoms with E-state index in [4.69, 9.17) is 0 Å². The molecule has 0 aliphatic rings. The number of rotatable bonds is 13. The second-order valence-electron chi connectivity index (χ2n) is 6.22. The molecule has 0 nitrogen and oxygen atoms in total. The van der Waals surface area contributed by atoms with E-state index >= 15 is 0 Å². The lowest BCUT2D eigenvalue weighted by Gasteiger charge is -2.33. The second-order valence-corrected chi connectivity index (χ2v) is 6.22. The number of hydrogen-bond donors (Lipinski definition) is 0. The smallest absolute Gasteiger partial charge is 0.0300 e. The Morgan fingerprint density at radius 1 is 0.500 bits per heavy atom. The molecule has 0 aromatic rings. The molecule has 0 amide bonds. The third-order valence-electron chi connectivity index (χ3n) is 4.65. The zero-order valence-corrected chi connectivity index (χ0v) is 13.7. The van der Waals surface area contributed by atoms with Gasteiger partial charge in [-0.25, -0.2) is 0 Å². The third kappa shape index (κ3) is 8.16. The maximum Gasteiger partial charge on any atom is -0.0300 e. The summed E-state index contributed by atoms with van der Waals surface area (Å²) < 4.78 is 0. The van der Waals surface area contributed by atoms with Gasteiger partial charge in [0.1, 0.15) is 0 Å². The molecule has 0 aromatic heterocycles. The van der Waals surface area contributed by atoms with Crippen LogP contribution in [0.15, 0.2) is 0 Å². The fraction of sp³-hybridized carbons (Fsp3) is 1.00. The van der Waals surface area contributed by atoms with E-state index in [0.29, 0.717) is 5.41 Å². The van der Waals surface area contributed by atoms with Crippen LogP contribution in [0.3, 0.4) is 0 Å². The zero-order valence-electron chi connectivity index (χ0n) is 13.7. The Morgan fingerprint density at radius 2 is 1.00 bits per heavy atom. The molecule has 0 heterocycles. The van der Waals surface area contributed by atoms with Crippen LogP contribution in [0.1, 0.15) is 111 Å². The Kier molecular flexibility index (Phi) is 12.1. The molecule has 18 heavy (non-hydrogen) atoms. The lowest BCUT2D eigenvalue weighted by molar-refractivity contribution is 0.191. The van der Waals surface area contributed by atoms with Gasteiger partial charge in [-0.1, -0.05) is 91.9 Å². The van der Waals surface area contributed by atoms with Crippen molar-refractivity contribution in [1.29, 1.82) is 0 Å². The topological polar surface area (TPSA) is 0 Å². The molecule has 0 bridgehead atoms. The predicted molar refractivity (Wildman–Crippen MR) is 85.2 cm³/mol. The van der Waals surface area contributed by atoms with Crippen LogP contribution >= 0.6 is 0 Å². The fourth-order valence-electron chi connectivity index (χ4n) is 3.29. The monoisotopic (exact) mass is 254 g/mol. The van der Waals surface area contributed by atoms with Gasteiger partial charge in [0.25, 0.3) is 0 Å². The molecule has 0 aliphatic heterocycles. The van der Waals surface area contributed by atoms with E-state index < -0.39 is 0 Å². The van der Waals surface area contributed by atoms with Crippen molar-refractivity contribution in [1.82, 2.24) is 0 Å². The summed E-state index contributed by atoms with van der Waals surface area (Å²) in [5, 5.41) is 0. The first-order valence-electron chi connectivity index (χ1n) is 8.74. The molecule has 0 unspecified atom stereocenters. The molecule has 0 rings (SSSR count). The molecule has 110 valence electrons. The van der Waals surface area contributed by atoms with Gasteiger partial charge in [0.05, 0.1) is 0 Å². The second kappa shape index (κ2) is 12.1. The maximum atomic E-state index is 2.43. The molecule has 0 aliphatic carbocycles. The van der Waals surface area contributed by atoms with Crippen LogP contribution in [0.25, 0.3) is 0 Å². The summed E-state index contributed by atoms with van der Waals surface area (Å²) in [6.45, 7) is 9.41. The van der Waals surface area contributed by atoms with Crippen molar-refractivity contribution in [2.45, 2.75) is 111 Å². The van der Waals surface area contributed by atoms with E-state index in [0.717, 1.165) is 0 Å². The molecule has 0 N–H and O–H groups in total. The average molecular weight is 255 g/mol. The number of hydrogen-bond acceptors (Lipinski definition) is 0. The van der Waals surface area contributed by atoms with E-state index in [1.807, 2.05) is 0 Å². The van der Waals surface area contributed by atoms with Gasteiger partial charge < -0.3 is 0 Å². The molecule has 0 radical (unpaired) electrons. The predicted octanol–water partition coefficient (Wildman–Crippen LogP) is 7.12. The highest BCUT2D eigenvalue weighted by Gasteiger charge is 2.25. The summed E-state index contributed by atoms with van der Waals surface area (Å²) in [6.07, 6.45) is 18.7. The van der Waals surface area contributed by atoms with Crippen molar-refractivity contribution in [2.24, 2.45) is 5.41 Å². The van der Waals surface area contributed by atoms with Gasteiger partial charge in [-0.2, -0.15) is 0 Å². The summed E-state index contributed by atoms with van der Waals surface area (Å²) in [6, 6.07) is 0. The largest absolute Gasteiger partial charge is 0.0654 e. The number of unbranched alkanes of at least 4 members (excludes halogenated alkanes) is 6. The molecule has 0 spiro atoms. The first-order chi connectivity index (χ1) is 8.74. The van der Waals surface area contributed by atoms with Crippen molar-refractivity contribution >= 4 is 0 Å². The highest BCUT2D eigenvalue weighted by molar-refractivity contribution is 4.77. The molecule has 0 aromatic carbocycles. The van der Waals surface area contributed by atoms with Crippen molar-refractivity contribution < 1.29 is 0 Å². The zero-order chi connectivity index (χ0) is 13.7. The van der Waals surface area contributed by atoms with Crippen LogP contribution in [0.5, 0.6) is 0 Å². The van der Waals surface area contributed by atoms with Crippen LogP contribution < -0.4 is 0 Å². The minimum atomic E-state index is 0.691.